The average Bonchev–Trinajstić information content (AvgIpc) is 3.60. The van der Waals surface area contributed by atoms with Crippen LogP contribution >= 0.6 is 11.6 Å². The first kappa shape index (κ1) is 30.3. The number of aliphatic hydroxyl groups is 1. The van der Waals surface area contributed by atoms with Crippen molar-refractivity contribution in [2.75, 3.05) is 51.4 Å². The molecule has 3 amide bonds. The van der Waals surface area contributed by atoms with E-state index in [-0.39, 0.29) is 45.2 Å². The zero-order valence-corrected chi connectivity index (χ0v) is 23.7. The SMILES string of the molecule is Cn1c(-c2ccc(OCF)c(F)c2F)cnc1C(=O)Nc1ccc(C(=O)N2CCN(C(=O)C3CNCC3O)CC2)c(Cl)c1. The van der Waals surface area contributed by atoms with Crippen LogP contribution in [0, 0.1) is 17.6 Å². The van der Waals surface area contributed by atoms with E-state index in [0.717, 1.165) is 6.07 Å². The van der Waals surface area contributed by atoms with Crippen LogP contribution in [0.25, 0.3) is 11.3 Å². The molecule has 0 radical (unpaired) electrons. The number of hydrogen-bond donors (Lipinski definition) is 3. The van der Waals surface area contributed by atoms with E-state index in [2.05, 4.69) is 20.4 Å². The Morgan fingerprint density at radius 2 is 1.81 bits per heavy atom. The first-order valence-corrected chi connectivity index (χ1v) is 13.7. The Labute approximate surface area is 249 Å². The Balaban J connectivity index is 1.23. The molecular weight excluding hydrogens is 593 g/mol. The molecule has 3 heterocycles. The second-order valence-electron chi connectivity index (χ2n) is 10.1. The number of hydrogen-bond acceptors (Lipinski definition) is 7. The normalized spacial score (nSPS) is 18.6. The number of alkyl halides is 1. The molecule has 0 saturated carbocycles. The number of nitrogens with zero attached hydrogens (tertiary/aromatic N) is 4. The van der Waals surface area contributed by atoms with Crippen LogP contribution in [-0.2, 0) is 11.8 Å². The largest absolute Gasteiger partial charge is 0.460 e. The zero-order valence-electron chi connectivity index (χ0n) is 22.9. The number of carbonyl (C=O) groups is 3. The predicted molar refractivity (Wildman–Crippen MR) is 149 cm³/mol. The first-order chi connectivity index (χ1) is 20.6. The van der Waals surface area contributed by atoms with Gasteiger partial charge in [-0.3, -0.25) is 14.4 Å². The van der Waals surface area contributed by atoms with Gasteiger partial charge < -0.3 is 34.8 Å². The fourth-order valence-corrected chi connectivity index (χ4v) is 5.44. The van der Waals surface area contributed by atoms with Gasteiger partial charge in [0.05, 0.1) is 34.5 Å². The van der Waals surface area contributed by atoms with Crippen LogP contribution in [0.5, 0.6) is 5.75 Å². The van der Waals surface area contributed by atoms with Gasteiger partial charge in [0.2, 0.25) is 18.6 Å². The van der Waals surface area contributed by atoms with E-state index in [0.29, 0.717) is 39.3 Å². The van der Waals surface area contributed by atoms with Crippen molar-refractivity contribution in [1.82, 2.24) is 24.7 Å². The second-order valence-corrected chi connectivity index (χ2v) is 10.5. The molecule has 2 aliphatic rings. The van der Waals surface area contributed by atoms with Crippen LogP contribution in [0.3, 0.4) is 0 Å². The molecule has 3 aromatic rings. The lowest BCUT2D eigenvalue weighted by Crippen LogP contribution is -2.53. The van der Waals surface area contributed by atoms with E-state index in [1.807, 2.05) is 0 Å². The fourth-order valence-electron chi connectivity index (χ4n) is 5.18. The molecule has 0 aliphatic carbocycles. The number of aliphatic hydroxyl groups excluding tert-OH is 1. The number of benzene rings is 2. The van der Waals surface area contributed by atoms with Gasteiger partial charge in [-0.2, -0.15) is 4.39 Å². The van der Waals surface area contributed by atoms with Crippen molar-refractivity contribution in [2.45, 2.75) is 6.10 Å². The van der Waals surface area contributed by atoms with Gasteiger partial charge in [0.15, 0.2) is 17.4 Å². The first-order valence-electron chi connectivity index (χ1n) is 13.4. The molecule has 0 bridgehead atoms. The van der Waals surface area contributed by atoms with Crippen molar-refractivity contribution in [1.29, 1.82) is 0 Å². The zero-order chi connectivity index (χ0) is 30.8. The molecule has 11 nitrogen and oxygen atoms in total. The number of piperazine rings is 1. The summed E-state index contributed by atoms with van der Waals surface area (Å²) in [5.41, 5.74) is 0.360. The molecule has 2 aliphatic heterocycles. The van der Waals surface area contributed by atoms with Gasteiger partial charge >= 0.3 is 0 Å². The highest BCUT2D eigenvalue weighted by atomic mass is 35.5. The molecule has 2 aromatic carbocycles. The summed E-state index contributed by atoms with van der Waals surface area (Å²) >= 11 is 6.41. The molecular formula is C28H28ClF3N6O5. The second kappa shape index (κ2) is 12.6. The number of ether oxygens (including phenoxy) is 1. The van der Waals surface area contributed by atoms with E-state index in [4.69, 9.17) is 11.6 Å². The lowest BCUT2D eigenvalue weighted by atomic mass is 10.0. The van der Waals surface area contributed by atoms with Gasteiger partial charge in [0.25, 0.3) is 11.8 Å². The monoisotopic (exact) mass is 620 g/mol. The molecule has 2 fully saturated rings. The van der Waals surface area contributed by atoms with Crippen molar-refractivity contribution in [2.24, 2.45) is 13.0 Å². The number of imidazole rings is 1. The summed E-state index contributed by atoms with van der Waals surface area (Å²) in [6, 6.07) is 6.63. The van der Waals surface area contributed by atoms with E-state index in [1.165, 1.54) is 42.1 Å². The van der Waals surface area contributed by atoms with Crippen molar-refractivity contribution in [3.63, 3.8) is 0 Å². The van der Waals surface area contributed by atoms with Gasteiger partial charge in [-0.1, -0.05) is 11.6 Å². The molecule has 2 unspecified atom stereocenters. The summed E-state index contributed by atoms with van der Waals surface area (Å²) in [7, 11) is 1.44. The van der Waals surface area contributed by atoms with Crippen LogP contribution in [0.1, 0.15) is 21.0 Å². The Bertz CT molecular complexity index is 1560. The molecule has 43 heavy (non-hydrogen) atoms. The van der Waals surface area contributed by atoms with Gasteiger partial charge in [-0.25, -0.2) is 13.8 Å². The van der Waals surface area contributed by atoms with Gasteiger partial charge in [0, 0.05) is 57.6 Å². The Morgan fingerprint density at radius 3 is 2.47 bits per heavy atom. The highest BCUT2D eigenvalue weighted by Gasteiger charge is 2.36. The van der Waals surface area contributed by atoms with Crippen molar-refractivity contribution >= 4 is 35.0 Å². The summed E-state index contributed by atoms with van der Waals surface area (Å²) in [4.78, 5) is 46.1. The third-order valence-electron chi connectivity index (χ3n) is 7.56. The molecule has 0 spiro atoms. The number of halogens is 4. The predicted octanol–water partition coefficient (Wildman–Crippen LogP) is 2.44. The third-order valence-corrected chi connectivity index (χ3v) is 7.87. The number of amides is 3. The molecule has 2 saturated heterocycles. The molecule has 3 N–H and O–H groups in total. The van der Waals surface area contributed by atoms with Crippen molar-refractivity contribution in [3.05, 3.63) is 64.6 Å². The maximum Gasteiger partial charge on any atom is 0.291 e. The summed E-state index contributed by atoms with van der Waals surface area (Å²) < 4.78 is 47.0. The van der Waals surface area contributed by atoms with Crippen LogP contribution in [0.15, 0.2) is 36.5 Å². The highest BCUT2D eigenvalue weighted by molar-refractivity contribution is 6.34. The van der Waals surface area contributed by atoms with E-state index >= 15 is 0 Å². The number of anilines is 1. The lowest BCUT2D eigenvalue weighted by molar-refractivity contribution is -0.139. The third kappa shape index (κ3) is 6.03. The smallest absolute Gasteiger partial charge is 0.291 e. The van der Waals surface area contributed by atoms with Crippen LogP contribution < -0.4 is 15.4 Å². The number of carbonyl (C=O) groups excluding carboxylic acids is 3. The topological polar surface area (TPSA) is 129 Å². The quantitative estimate of drug-likeness (QED) is 0.370. The van der Waals surface area contributed by atoms with E-state index < -0.39 is 42.2 Å². The Kier molecular flexibility index (Phi) is 8.89. The molecule has 2 atom stereocenters. The maximum absolute atomic E-state index is 14.6. The summed E-state index contributed by atoms with van der Waals surface area (Å²) in [5, 5.41) is 15.7. The van der Waals surface area contributed by atoms with Gasteiger partial charge in [0.1, 0.15) is 0 Å². The number of β-amino-alcohol motifs (C(OH)–C–C–N with tert-alkyl or cyclic N) is 1. The minimum Gasteiger partial charge on any atom is -0.460 e. The summed E-state index contributed by atoms with van der Waals surface area (Å²) in [6.07, 6.45) is 0.469. The minimum atomic E-state index is -1.37. The summed E-state index contributed by atoms with van der Waals surface area (Å²) in [5.74, 6) is -5.00. The number of rotatable bonds is 7. The standard InChI is InChI=1S/C28H28ClF3N6O5/c1-36-20(17-4-5-22(43-14-30)24(32)23(17)31)12-34-25(36)26(40)35-15-2-3-16(19(29)10-15)27(41)37-6-8-38(9-7-37)28(42)18-11-33-13-21(18)39/h2-5,10,12,18,21,33,39H,6-9,11,13-14H2,1H3,(H,35,40). The minimum absolute atomic E-state index is 0.0882. The Hall–Kier alpha value is -4.14. The van der Waals surface area contributed by atoms with Gasteiger partial charge in [-0.15, -0.1) is 0 Å². The summed E-state index contributed by atoms with van der Waals surface area (Å²) in [6.45, 7) is 0.732. The van der Waals surface area contributed by atoms with Crippen molar-refractivity contribution < 1.29 is 37.4 Å². The number of nitrogens with one attached hydrogen (secondary N) is 2. The fraction of sp³-hybridized carbons (Fsp3) is 0.357. The van der Waals surface area contributed by atoms with Crippen LogP contribution in [0.4, 0.5) is 18.9 Å². The van der Waals surface area contributed by atoms with E-state index in [9.17, 15) is 32.7 Å². The van der Waals surface area contributed by atoms with Crippen LogP contribution in [0.2, 0.25) is 5.02 Å². The van der Waals surface area contributed by atoms with Crippen molar-refractivity contribution in [3.8, 4) is 17.0 Å². The number of aromatic nitrogens is 2. The van der Waals surface area contributed by atoms with E-state index in [1.54, 1.807) is 9.80 Å². The van der Waals surface area contributed by atoms with Gasteiger partial charge in [-0.05, 0) is 30.3 Å². The molecule has 5 rings (SSSR count). The van der Waals surface area contributed by atoms with Crippen LogP contribution in [-0.4, -0.2) is 94.4 Å². The molecule has 1 aromatic heterocycles. The molecule has 228 valence electrons. The lowest BCUT2D eigenvalue weighted by Gasteiger charge is -2.36. The maximum atomic E-state index is 14.6. The Morgan fingerprint density at radius 1 is 1.09 bits per heavy atom. The average molecular weight is 621 g/mol. The molecule has 15 heteroatoms. The highest BCUT2D eigenvalue weighted by Crippen LogP contribution is 2.30.